The second-order valence-electron chi connectivity index (χ2n) is 6.65. The predicted octanol–water partition coefficient (Wildman–Crippen LogP) is 3.51. The number of methoxy groups -OCH3 is 1. The zero-order chi connectivity index (χ0) is 22.7. The van der Waals surface area contributed by atoms with Crippen molar-refractivity contribution in [2.75, 3.05) is 21.2 Å². The van der Waals surface area contributed by atoms with Crippen LogP contribution in [0, 0.1) is 11.3 Å². The average molecular weight is 500 g/mol. The van der Waals surface area contributed by atoms with Crippen LogP contribution in [0.3, 0.4) is 0 Å². The summed E-state index contributed by atoms with van der Waals surface area (Å²) in [6.45, 7) is 0.178. The van der Waals surface area contributed by atoms with E-state index in [4.69, 9.17) is 21.7 Å². The van der Waals surface area contributed by atoms with Crippen molar-refractivity contribution in [1.29, 1.82) is 5.26 Å². The molecule has 0 atom stereocenters. The van der Waals surface area contributed by atoms with Crippen molar-refractivity contribution in [3.63, 3.8) is 0 Å². The van der Waals surface area contributed by atoms with E-state index >= 15 is 0 Å². The number of likely N-dealkylation sites (N-methyl/N-ethyl adjacent to an activating group) is 2. The maximum Gasteiger partial charge on any atom is 0.265 e. The maximum absolute atomic E-state index is 12.6. The lowest BCUT2D eigenvalue weighted by molar-refractivity contribution is -0.132. The number of rotatable bonds is 5. The first-order valence-corrected chi connectivity index (χ1v) is 10.3. The third-order valence-electron chi connectivity index (χ3n) is 4.75. The Morgan fingerprint density at radius 1 is 1.13 bits per heavy atom. The molecule has 3 rings (SSSR count). The summed E-state index contributed by atoms with van der Waals surface area (Å²) in [7, 11) is 4.54. The zero-order valence-electron chi connectivity index (χ0n) is 17.0. The van der Waals surface area contributed by atoms with Crippen molar-refractivity contribution >= 4 is 51.2 Å². The zero-order valence-corrected chi connectivity index (χ0v) is 19.4. The van der Waals surface area contributed by atoms with Gasteiger partial charge in [-0.15, -0.1) is 0 Å². The molecular weight excluding hydrogens is 482 g/mol. The molecule has 158 valence electrons. The van der Waals surface area contributed by atoms with Gasteiger partial charge in [-0.05, 0) is 42.1 Å². The first kappa shape index (κ1) is 22.5. The number of amides is 2. The van der Waals surface area contributed by atoms with Gasteiger partial charge in [0.25, 0.3) is 11.8 Å². The molecule has 0 unspecified atom stereocenters. The molecule has 0 bridgehead atoms. The van der Waals surface area contributed by atoms with Gasteiger partial charge in [-0.3, -0.25) is 19.4 Å². The van der Waals surface area contributed by atoms with Crippen LogP contribution < -0.4 is 9.47 Å². The molecule has 0 N–H and O–H groups in total. The minimum absolute atomic E-state index is 0.0158. The molecule has 2 aromatic rings. The number of halogens is 1. The smallest absolute Gasteiger partial charge is 0.265 e. The van der Waals surface area contributed by atoms with E-state index in [1.807, 2.05) is 12.1 Å². The minimum atomic E-state index is -0.479. The van der Waals surface area contributed by atoms with Crippen molar-refractivity contribution in [2.45, 2.75) is 6.61 Å². The molecule has 1 heterocycles. The van der Waals surface area contributed by atoms with Crippen molar-refractivity contribution < 1.29 is 19.1 Å². The van der Waals surface area contributed by atoms with Crippen molar-refractivity contribution in [3.8, 4) is 17.6 Å². The standard InChI is InChI=1S/C22H18BrN3O4S/c1-25-20(27)16(21(28)26(2)22(25)31)8-15-9-18(29-3)19(10-17(15)23)30-12-14-7-5-4-6-13(14)11-24/h4-10H,12H2,1-3H3. The van der Waals surface area contributed by atoms with Crippen molar-refractivity contribution in [1.82, 2.24) is 9.80 Å². The van der Waals surface area contributed by atoms with Gasteiger partial charge in [-0.25, -0.2) is 0 Å². The normalized spacial score (nSPS) is 13.9. The van der Waals surface area contributed by atoms with Crippen molar-refractivity contribution in [3.05, 3.63) is 63.1 Å². The second-order valence-corrected chi connectivity index (χ2v) is 7.87. The first-order chi connectivity index (χ1) is 14.8. The quantitative estimate of drug-likeness (QED) is 0.355. The van der Waals surface area contributed by atoms with Gasteiger partial charge in [-0.1, -0.05) is 34.1 Å². The van der Waals surface area contributed by atoms with E-state index < -0.39 is 11.8 Å². The molecule has 31 heavy (non-hydrogen) atoms. The highest BCUT2D eigenvalue weighted by atomic mass is 79.9. The fourth-order valence-corrected chi connectivity index (χ4v) is 3.58. The number of hydrogen-bond acceptors (Lipinski definition) is 6. The van der Waals surface area contributed by atoms with Crippen LogP contribution in [0.5, 0.6) is 11.5 Å². The summed E-state index contributed by atoms with van der Waals surface area (Å²) in [5.74, 6) is -0.0989. The van der Waals surface area contributed by atoms with Crippen LogP contribution in [-0.4, -0.2) is 47.9 Å². The van der Waals surface area contributed by atoms with E-state index in [2.05, 4.69) is 22.0 Å². The summed E-state index contributed by atoms with van der Waals surface area (Å²) in [6, 6.07) is 12.6. The molecule has 0 radical (unpaired) electrons. The van der Waals surface area contributed by atoms with Crippen LogP contribution in [-0.2, 0) is 16.2 Å². The second kappa shape index (κ2) is 9.29. The number of carbonyl (C=O) groups is 2. The fraction of sp³-hybridized carbons (Fsp3) is 0.182. The molecule has 0 saturated carbocycles. The Labute approximate surface area is 193 Å². The lowest BCUT2D eigenvalue weighted by atomic mass is 10.1. The number of hydrogen-bond donors (Lipinski definition) is 0. The van der Waals surface area contributed by atoms with Gasteiger partial charge in [0.05, 0.1) is 18.7 Å². The first-order valence-electron chi connectivity index (χ1n) is 9.08. The predicted molar refractivity (Wildman–Crippen MR) is 122 cm³/mol. The summed E-state index contributed by atoms with van der Waals surface area (Å²) in [5.41, 5.74) is 1.82. The number of ether oxygens (including phenoxy) is 2. The Kier molecular flexibility index (Phi) is 6.73. The molecule has 2 aromatic carbocycles. The van der Waals surface area contributed by atoms with E-state index in [-0.39, 0.29) is 17.3 Å². The van der Waals surface area contributed by atoms with Crippen LogP contribution in [0.1, 0.15) is 16.7 Å². The Balaban J connectivity index is 1.93. The lowest BCUT2D eigenvalue weighted by Gasteiger charge is -2.31. The van der Waals surface area contributed by atoms with E-state index in [0.29, 0.717) is 27.1 Å². The molecule has 7 nitrogen and oxygen atoms in total. The Hall–Kier alpha value is -3.22. The van der Waals surface area contributed by atoms with Gasteiger partial charge in [0.1, 0.15) is 12.2 Å². The highest BCUT2D eigenvalue weighted by Gasteiger charge is 2.35. The number of carbonyl (C=O) groups excluding carboxylic acids is 2. The molecule has 0 aliphatic carbocycles. The Morgan fingerprint density at radius 3 is 2.39 bits per heavy atom. The summed E-state index contributed by atoms with van der Waals surface area (Å²) < 4.78 is 11.9. The van der Waals surface area contributed by atoms with Crippen LogP contribution in [0.2, 0.25) is 0 Å². The highest BCUT2D eigenvalue weighted by molar-refractivity contribution is 9.10. The summed E-state index contributed by atoms with van der Waals surface area (Å²) in [5, 5.41) is 9.38. The van der Waals surface area contributed by atoms with Gasteiger partial charge in [-0.2, -0.15) is 5.26 Å². The molecule has 1 aliphatic rings. The molecular formula is C22H18BrN3O4S. The highest BCUT2D eigenvalue weighted by Crippen LogP contribution is 2.35. The Morgan fingerprint density at radius 2 is 1.77 bits per heavy atom. The van der Waals surface area contributed by atoms with Gasteiger partial charge >= 0.3 is 0 Å². The van der Waals surface area contributed by atoms with Crippen LogP contribution in [0.4, 0.5) is 0 Å². The molecule has 0 aromatic heterocycles. The van der Waals surface area contributed by atoms with E-state index in [1.54, 1.807) is 24.3 Å². The molecule has 9 heteroatoms. The van der Waals surface area contributed by atoms with Gasteiger partial charge in [0.15, 0.2) is 16.6 Å². The van der Waals surface area contributed by atoms with E-state index in [9.17, 15) is 14.9 Å². The number of nitriles is 1. The van der Waals surface area contributed by atoms with Crippen molar-refractivity contribution in [2.24, 2.45) is 0 Å². The summed E-state index contributed by atoms with van der Waals surface area (Å²) in [4.78, 5) is 27.6. The van der Waals surface area contributed by atoms with Gasteiger partial charge < -0.3 is 9.47 Å². The average Bonchev–Trinajstić information content (AvgIpc) is 2.78. The number of benzene rings is 2. The molecule has 0 spiro atoms. The fourth-order valence-electron chi connectivity index (χ4n) is 2.98. The van der Waals surface area contributed by atoms with E-state index in [1.165, 1.54) is 37.1 Å². The third kappa shape index (κ3) is 4.45. The van der Waals surface area contributed by atoms with Gasteiger partial charge in [0.2, 0.25) is 0 Å². The lowest BCUT2D eigenvalue weighted by Crippen LogP contribution is -2.52. The van der Waals surface area contributed by atoms with Crippen LogP contribution in [0.15, 0.2) is 46.4 Å². The topological polar surface area (TPSA) is 82.9 Å². The molecule has 1 saturated heterocycles. The molecule has 1 fully saturated rings. The largest absolute Gasteiger partial charge is 0.493 e. The summed E-state index contributed by atoms with van der Waals surface area (Å²) in [6.07, 6.45) is 1.49. The number of nitrogens with zero attached hydrogens (tertiary/aromatic N) is 3. The molecule has 1 aliphatic heterocycles. The number of thiocarbonyl (C=S) groups is 1. The monoisotopic (exact) mass is 499 g/mol. The Bertz CT molecular complexity index is 1130. The SMILES string of the molecule is COc1cc(C=C2C(=O)N(C)C(=S)N(C)C2=O)c(Br)cc1OCc1ccccc1C#N. The van der Waals surface area contributed by atoms with E-state index in [0.717, 1.165) is 5.56 Å². The third-order valence-corrected chi connectivity index (χ3v) is 5.98. The van der Waals surface area contributed by atoms with Crippen LogP contribution >= 0.6 is 28.1 Å². The summed E-state index contributed by atoms with van der Waals surface area (Å²) >= 11 is 8.58. The minimum Gasteiger partial charge on any atom is -0.493 e. The van der Waals surface area contributed by atoms with Gasteiger partial charge in [0, 0.05) is 24.1 Å². The maximum atomic E-state index is 12.6. The van der Waals surface area contributed by atoms with Crippen LogP contribution in [0.25, 0.3) is 6.08 Å². The molecule has 2 amide bonds.